The second kappa shape index (κ2) is 45.3. The maximum Gasteiger partial charge on any atom is 0.490 e. The summed E-state index contributed by atoms with van der Waals surface area (Å²) in [5, 5.41) is 70.2. The zero-order chi connectivity index (χ0) is 81.5. The molecule has 0 spiro atoms. The van der Waals surface area contributed by atoms with Crippen molar-refractivity contribution in [2.45, 2.75) is 243 Å². The molecule has 3 aliphatic rings. The number of unbranched alkanes of at least 4 members (excludes halogenated alkanes) is 1. The van der Waals surface area contributed by atoms with Gasteiger partial charge >= 0.3 is 24.1 Å². The van der Waals surface area contributed by atoms with Crippen LogP contribution in [0.2, 0.25) is 0 Å². The molecule has 41 heteroatoms. The first-order valence-electron chi connectivity index (χ1n) is 35.6. The molecule has 3 fully saturated rings. The standard InChI is InChI=1S/C64H108N16O20.C2HF3O2/c1-10-35(8)51(76-60(95)46-19-14-21-78(46)61(96)37(16-11-12-20-65)69-48(84)29-66)63(98)80-23-15-18-45(80)59(94)74-42(27-47(67)83)62(97)79-22-13-17-44(79)58(93)73-40(26-34(6)7)55(90)71-38(24-32(2)3)53(88)68-30-49(85)70-39(25-33(4)5)54(89)72-41(28-50(86)87)56(91)75-43(31-81)57(92)77-52(36(9)82)64(99)100;3-2(4,5)1(6)7/h32-46,51-52,81-82H,10-31,65-66H2,1-9H3,(H2,67,83)(H,68,88)(H,69,84)(H,70,85)(H,71,90)(H,72,89)(H,73,93)(H,74,94)(H,75,91)(H,76,95)(H,77,92)(H,86,87)(H,99,100);(H,6,7)/t35-,36+,37-,38-,39-,40-,41-,42-,43-,44-,45-,46-,51-,52-;/m0./s1. The van der Waals surface area contributed by atoms with E-state index in [2.05, 4.69) is 42.5 Å². The van der Waals surface area contributed by atoms with Crippen molar-refractivity contribution >= 4 is 101 Å². The molecule has 0 aliphatic carbocycles. The molecule has 0 saturated carbocycles. The molecule has 0 radical (unpaired) electrons. The van der Waals surface area contributed by atoms with Crippen LogP contribution in [0.25, 0.3) is 0 Å². The number of nitrogens with two attached hydrogens (primary N) is 3. The van der Waals surface area contributed by atoms with Gasteiger partial charge in [-0.15, -0.1) is 0 Å². The molecule has 14 amide bonds. The summed E-state index contributed by atoms with van der Waals surface area (Å²) >= 11 is 0. The number of carbonyl (C=O) groups excluding carboxylic acids is 14. The minimum atomic E-state index is -5.08. The van der Waals surface area contributed by atoms with E-state index in [0.29, 0.717) is 38.6 Å². The highest BCUT2D eigenvalue weighted by Crippen LogP contribution is 2.26. The number of rotatable bonds is 42. The average molecular weight is 1540 g/mol. The summed E-state index contributed by atoms with van der Waals surface area (Å²) in [4.78, 5) is 229. The average Bonchev–Trinajstić information content (AvgIpc) is 1.71. The van der Waals surface area contributed by atoms with Gasteiger partial charge in [0.2, 0.25) is 82.7 Å². The number of nitrogens with one attached hydrogen (secondary N) is 10. The van der Waals surface area contributed by atoms with Crippen molar-refractivity contribution in [2.24, 2.45) is 40.9 Å². The van der Waals surface area contributed by atoms with Gasteiger partial charge in [-0.25, -0.2) is 9.59 Å². The summed E-state index contributed by atoms with van der Waals surface area (Å²) in [5.41, 5.74) is 16.9. The number of carboxylic acids is 3. The molecule has 3 aliphatic heterocycles. The van der Waals surface area contributed by atoms with Gasteiger partial charge in [0.15, 0.2) is 6.04 Å². The zero-order valence-electron chi connectivity index (χ0n) is 61.8. The maximum atomic E-state index is 14.6. The number of carboxylic acid groups (broad SMARTS) is 3. The van der Waals surface area contributed by atoms with Crippen molar-refractivity contribution in [2.75, 3.05) is 45.9 Å². The third-order valence-corrected chi connectivity index (χ3v) is 17.7. The van der Waals surface area contributed by atoms with Crippen LogP contribution in [-0.4, -0.2) is 271 Å². The Morgan fingerprint density at radius 2 is 0.888 bits per heavy atom. The van der Waals surface area contributed by atoms with Crippen molar-refractivity contribution in [1.29, 1.82) is 0 Å². The van der Waals surface area contributed by atoms with E-state index in [1.165, 1.54) is 9.80 Å². The molecule has 0 aromatic heterocycles. The summed E-state index contributed by atoms with van der Waals surface area (Å²) in [6, 6.07) is -17.0. The Bertz CT molecular complexity index is 3130. The number of amides is 14. The molecule has 38 nitrogen and oxygen atoms in total. The Morgan fingerprint density at radius 3 is 1.30 bits per heavy atom. The second-order valence-electron chi connectivity index (χ2n) is 27.9. The third kappa shape index (κ3) is 31.2. The number of aliphatic hydroxyl groups excluding tert-OH is 2. The summed E-state index contributed by atoms with van der Waals surface area (Å²) < 4.78 is 31.7. The summed E-state index contributed by atoms with van der Waals surface area (Å²) in [7, 11) is 0. The highest BCUT2D eigenvalue weighted by Gasteiger charge is 2.46. The number of hydrogen-bond donors (Lipinski definition) is 18. The van der Waals surface area contributed by atoms with E-state index in [4.69, 9.17) is 27.1 Å². The van der Waals surface area contributed by atoms with Crippen molar-refractivity contribution in [3.8, 4) is 0 Å². The van der Waals surface area contributed by atoms with Crippen LogP contribution < -0.4 is 70.4 Å². The lowest BCUT2D eigenvalue weighted by atomic mass is 9.96. The number of nitrogens with zero attached hydrogens (tertiary/aromatic N) is 3. The SMILES string of the molecule is CC[C@H](C)[C@H](NC(=O)[C@@H]1CCCN1C(=O)[C@H](CCCCN)NC(=O)CN)C(=O)N1CCC[C@H]1C(=O)N[C@@H](CC(N)=O)C(=O)N1CCC[C@H]1C(=O)N[C@@H](CC(C)C)C(=O)N[C@@H](CC(C)C)C(=O)NCC(=O)N[C@@H](CC(C)C)C(=O)N[C@@H](CC(=O)O)C(=O)N[C@@H](CO)C(=O)N[C@H](C(=O)O)[C@@H](C)O.O=C(O)C(F)(F)F. The number of likely N-dealkylation sites (tertiary alicyclic amines) is 3. The molecular formula is C66H109F3N16O22. The Morgan fingerprint density at radius 1 is 0.486 bits per heavy atom. The fraction of sp³-hybridized carbons (Fsp3) is 0.742. The van der Waals surface area contributed by atoms with Crippen LogP contribution in [0.1, 0.15) is 159 Å². The van der Waals surface area contributed by atoms with Crippen molar-refractivity contribution < 1.29 is 120 Å². The van der Waals surface area contributed by atoms with Crippen LogP contribution in [0, 0.1) is 23.7 Å². The number of primary amides is 1. The van der Waals surface area contributed by atoms with E-state index in [9.17, 15) is 110 Å². The minimum Gasteiger partial charge on any atom is -0.481 e. The van der Waals surface area contributed by atoms with Crippen LogP contribution in [0.15, 0.2) is 0 Å². The zero-order valence-corrected chi connectivity index (χ0v) is 61.8. The van der Waals surface area contributed by atoms with E-state index < -0.39 is 217 Å². The molecule has 3 heterocycles. The fourth-order valence-electron chi connectivity index (χ4n) is 12.0. The summed E-state index contributed by atoms with van der Waals surface area (Å²) in [6.45, 7) is 13.3. The fourth-order valence-corrected chi connectivity index (χ4v) is 12.0. The normalized spacial score (nSPS) is 18.7. The van der Waals surface area contributed by atoms with Crippen molar-refractivity contribution in [3.05, 3.63) is 0 Å². The van der Waals surface area contributed by atoms with E-state index in [-0.39, 0.29) is 95.3 Å². The summed E-state index contributed by atoms with van der Waals surface area (Å²) in [5.74, 6) is -19.3. The van der Waals surface area contributed by atoms with Gasteiger partial charge in [0.25, 0.3) is 0 Å². The molecule has 0 bridgehead atoms. The molecule has 21 N–H and O–H groups in total. The van der Waals surface area contributed by atoms with Gasteiger partial charge in [0, 0.05) is 19.6 Å². The molecule has 3 saturated heterocycles. The number of halogens is 3. The molecular weight excluding hydrogens is 1430 g/mol. The highest BCUT2D eigenvalue weighted by atomic mass is 19.4. The van der Waals surface area contributed by atoms with Crippen LogP contribution in [-0.2, 0) is 81.5 Å². The van der Waals surface area contributed by atoms with Gasteiger partial charge in [-0.3, -0.25) is 71.9 Å². The van der Waals surface area contributed by atoms with E-state index in [1.807, 2.05) is 17.6 Å². The first kappa shape index (κ1) is 93.7. The predicted molar refractivity (Wildman–Crippen MR) is 371 cm³/mol. The molecule has 0 aromatic rings. The predicted octanol–water partition coefficient (Wildman–Crippen LogP) is -4.85. The first-order valence-corrected chi connectivity index (χ1v) is 35.6. The topological polar surface area (TPSA) is 599 Å². The number of alkyl halides is 3. The summed E-state index contributed by atoms with van der Waals surface area (Å²) in [6.07, 6.45) is -5.22. The Hall–Kier alpha value is -9.38. The Labute approximate surface area is 616 Å². The lowest BCUT2D eigenvalue weighted by molar-refractivity contribution is -0.192. The van der Waals surface area contributed by atoms with Gasteiger partial charge in [-0.1, -0.05) is 61.8 Å². The number of carbonyl (C=O) groups is 17. The van der Waals surface area contributed by atoms with E-state index >= 15 is 0 Å². The maximum absolute atomic E-state index is 14.6. The molecule has 3 rings (SSSR count). The monoisotopic (exact) mass is 1530 g/mol. The lowest BCUT2D eigenvalue weighted by Crippen LogP contribution is -2.61. The van der Waals surface area contributed by atoms with Gasteiger partial charge in [0.05, 0.1) is 38.6 Å². The largest absolute Gasteiger partial charge is 0.490 e. The van der Waals surface area contributed by atoms with Crippen LogP contribution in [0.4, 0.5) is 13.2 Å². The van der Waals surface area contributed by atoms with E-state index in [1.54, 1.807) is 48.5 Å². The molecule has 606 valence electrons. The van der Waals surface area contributed by atoms with Crippen molar-refractivity contribution in [3.63, 3.8) is 0 Å². The molecule has 107 heavy (non-hydrogen) atoms. The molecule has 0 unspecified atom stereocenters. The minimum absolute atomic E-state index is 0.00593. The second-order valence-corrected chi connectivity index (χ2v) is 27.9. The van der Waals surface area contributed by atoms with Gasteiger partial charge < -0.3 is 111 Å². The van der Waals surface area contributed by atoms with Gasteiger partial charge in [-0.05, 0) is 114 Å². The first-order chi connectivity index (χ1) is 49.9. The van der Waals surface area contributed by atoms with Crippen LogP contribution in [0.3, 0.4) is 0 Å². The third-order valence-electron chi connectivity index (χ3n) is 17.7. The molecule has 14 atom stereocenters. The Balaban J connectivity index is 0.00000527. The number of aliphatic carboxylic acids is 3. The highest BCUT2D eigenvalue weighted by molar-refractivity contribution is 6.01. The van der Waals surface area contributed by atoms with Crippen LogP contribution >= 0.6 is 0 Å². The smallest absolute Gasteiger partial charge is 0.481 e. The quantitative estimate of drug-likeness (QED) is 0.0255. The van der Waals surface area contributed by atoms with Crippen molar-refractivity contribution in [1.82, 2.24) is 67.9 Å². The number of hydrogen-bond acceptors (Lipinski definition) is 21. The lowest BCUT2D eigenvalue weighted by Gasteiger charge is -2.34. The van der Waals surface area contributed by atoms with Gasteiger partial charge in [0.1, 0.15) is 66.5 Å². The molecule has 0 aromatic carbocycles. The number of aliphatic hydroxyl groups is 2. The Kier molecular flexibility index (Phi) is 39.7. The van der Waals surface area contributed by atoms with Crippen LogP contribution in [0.5, 0.6) is 0 Å². The van der Waals surface area contributed by atoms with E-state index in [0.717, 1.165) is 11.8 Å². The van der Waals surface area contributed by atoms with Gasteiger partial charge in [-0.2, -0.15) is 13.2 Å².